The molecule has 2 rings (SSSR count). The summed E-state index contributed by atoms with van der Waals surface area (Å²) in [6, 6.07) is 3.23. The number of pyridine rings is 1. The molecule has 4 nitrogen and oxygen atoms in total. The summed E-state index contributed by atoms with van der Waals surface area (Å²) in [6.07, 6.45) is 1.34. The molecule has 0 saturated carbocycles. The van der Waals surface area contributed by atoms with E-state index in [0.29, 0.717) is 12.1 Å². The van der Waals surface area contributed by atoms with Crippen LogP contribution in [0.1, 0.15) is 10.4 Å². The number of carbonyl (C=O) groups is 1. The van der Waals surface area contributed by atoms with Crippen molar-refractivity contribution < 1.29 is 18.0 Å². The summed E-state index contributed by atoms with van der Waals surface area (Å²) < 4.78 is 40.7. The van der Waals surface area contributed by atoms with Gasteiger partial charge in [0.05, 0.1) is 0 Å². The molecule has 0 spiro atoms. The van der Waals surface area contributed by atoms with Gasteiger partial charge in [0.15, 0.2) is 11.6 Å². The van der Waals surface area contributed by atoms with E-state index in [2.05, 4.69) is 0 Å². The van der Waals surface area contributed by atoms with E-state index in [4.69, 9.17) is 0 Å². The van der Waals surface area contributed by atoms with Crippen LogP contribution in [0, 0.1) is 17.5 Å². The Kier molecular flexibility index (Phi) is 3.60. The molecule has 7 heteroatoms. The van der Waals surface area contributed by atoms with Gasteiger partial charge in [-0.25, -0.2) is 13.2 Å². The van der Waals surface area contributed by atoms with Crippen molar-refractivity contribution in [3.8, 4) is 0 Å². The van der Waals surface area contributed by atoms with Crippen molar-refractivity contribution in [3.05, 3.63) is 63.8 Å². The smallest absolute Gasteiger partial charge is 0.256 e. The summed E-state index contributed by atoms with van der Waals surface area (Å²) in [7, 11) is 1.49. The van der Waals surface area contributed by atoms with Gasteiger partial charge in [0.25, 0.3) is 11.5 Å². The highest BCUT2D eigenvalue weighted by molar-refractivity contribution is 6.04. The molecule has 104 valence electrons. The van der Waals surface area contributed by atoms with Crippen molar-refractivity contribution in [2.24, 2.45) is 7.05 Å². The average Bonchev–Trinajstić information content (AvgIpc) is 2.36. The summed E-state index contributed by atoms with van der Waals surface area (Å²) in [5, 5.41) is 1.96. The molecular weight excluding hydrogens is 273 g/mol. The van der Waals surface area contributed by atoms with E-state index in [9.17, 15) is 22.8 Å². The molecule has 20 heavy (non-hydrogen) atoms. The maximum Gasteiger partial charge on any atom is 0.256 e. The first kappa shape index (κ1) is 13.9. The van der Waals surface area contributed by atoms with Gasteiger partial charge >= 0.3 is 0 Å². The summed E-state index contributed by atoms with van der Waals surface area (Å²) >= 11 is 0. The standard InChI is InChI=1S/C13H9F3N2O2/c1-18-3-2-7(4-11(18)19)13(20)17-12-9(15)5-8(14)6-10(12)16/h2-6H,1H3,(H,17,20). The maximum absolute atomic E-state index is 13.4. The second kappa shape index (κ2) is 5.20. The van der Waals surface area contributed by atoms with Crippen LogP contribution >= 0.6 is 0 Å². The number of aromatic nitrogens is 1. The Morgan fingerprint density at radius 2 is 1.75 bits per heavy atom. The Bertz CT molecular complexity index is 718. The third-order valence-corrected chi connectivity index (χ3v) is 2.61. The molecule has 0 bridgehead atoms. The average molecular weight is 282 g/mol. The van der Waals surface area contributed by atoms with E-state index in [0.717, 1.165) is 6.07 Å². The number of halogens is 3. The lowest BCUT2D eigenvalue weighted by Crippen LogP contribution is -2.20. The Balaban J connectivity index is 2.32. The summed E-state index contributed by atoms with van der Waals surface area (Å²) in [4.78, 5) is 23.1. The lowest BCUT2D eigenvalue weighted by molar-refractivity contribution is 0.102. The molecule has 0 fully saturated rings. The van der Waals surface area contributed by atoms with Crippen LogP contribution in [-0.2, 0) is 7.05 Å². The van der Waals surface area contributed by atoms with E-state index in [1.165, 1.54) is 23.9 Å². The van der Waals surface area contributed by atoms with Crippen molar-refractivity contribution in [3.63, 3.8) is 0 Å². The number of carbonyl (C=O) groups excluding carboxylic acids is 1. The topological polar surface area (TPSA) is 51.1 Å². The highest BCUT2D eigenvalue weighted by atomic mass is 19.1. The van der Waals surface area contributed by atoms with Crippen LogP contribution < -0.4 is 10.9 Å². The highest BCUT2D eigenvalue weighted by Crippen LogP contribution is 2.20. The van der Waals surface area contributed by atoms with E-state index in [-0.39, 0.29) is 5.56 Å². The van der Waals surface area contributed by atoms with Gasteiger partial charge in [-0.3, -0.25) is 9.59 Å². The number of benzene rings is 1. The molecule has 0 unspecified atom stereocenters. The zero-order valence-corrected chi connectivity index (χ0v) is 10.3. The monoisotopic (exact) mass is 282 g/mol. The minimum atomic E-state index is -1.24. The fourth-order valence-electron chi connectivity index (χ4n) is 1.54. The first-order valence-electron chi connectivity index (χ1n) is 5.51. The largest absolute Gasteiger partial charge is 0.319 e. The van der Waals surface area contributed by atoms with Gasteiger partial charge < -0.3 is 9.88 Å². The Morgan fingerprint density at radius 1 is 1.15 bits per heavy atom. The number of rotatable bonds is 2. The number of hydrogen-bond acceptors (Lipinski definition) is 2. The highest BCUT2D eigenvalue weighted by Gasteiger charge is 2.15. The van der Waals surface area contributed by atoms with Gasteiger partial charge in [0, 0.05) is 37.0 Å². The fourth-order valence-corrected chi connectivity index (χ4v) is 1.54. The third-order valence-electron chi connectivity index (χ3n) is 2.61. The first-order chi connectivity index (χ1) is 9.38. The third kappa shape index (κ3) is 2.71. The molecular formula is C13H9F3N2O2. The molecule has 0 aliphatic rings. The second-order valence-electron chi connectivity index (χ2n) is 4.06. The Labute approximate surface area is 111 Å². The minimum Gasteiger partial charge on any atom is -0.319 e. The van der Waals surface area contributed by atoms with Crippen LogP contribution in [0.15, 0.2) is 35.3 Å². The van der Waals surface area contributed by atoms with Gasteiger partial charge in [-0.15, -0.1) is 0 Å². The lowest BCUT2D eigenvalue weighted by Gasteiger charge is -2.08. The number of nitrogens with zero attached hydrogens (tertiary/aromatic N) is 1. The Hall–Kier alpha value is -2.57. The van der Waals surface area contributed by atoms with Crippen molar-refractivity contribution in [1.82, 2.24) is 4.57 Å². The molecule has 1 heterocycles. The van der Waals surface area contributed by atoms with E-state index >= 15 is 0 Å². The zero-order chi connectivity index (χ0) is 14.9. The molecule has 0 atom stereocenters. The van der Waals surface area contributed by atoms with Crippen LogP contribution in [0.3, 0.4) is 0 Å². The number of amides is 1. The molecule has 1 amide bonds. The van der Waals surface area contributed by atoms with Crippen LogP contribution in [0.25, 0.3) is 0 Å². The fraction of sp³-hybridized carbons (Fsp3) is 0.0769. The zero-order valence-electron chi connectivity index (χ0n) is 10.3. The van der Waals surface area contributed by atoms with Gasteiger partial charge in [-0.2, -0.15) is 0 Å². The van der Waals surface area contributed by atoms with Crippen molar-refractivity contribution in [2.45, 2.75) is 0 Å². The summed E-state index contributed by atoms with van der Waals surface area (Å²) in [5.41, 5.74) is -1.27. The number of hydrogen-bond donors (Lipinski definition) is 1. The molecule has 0 aliphatic heterocycles. The maximum atomic E-state index is 13.4. The normalized spacial score (nSPS) is 10.4. The van der Waals surface area contributed by atoms with Gasteiger partial charge in [-0.05, 0) is 6.07 Å². The predicted octanol–water partition coefficient (Wildman–Crippen LogP) is 2.05. The van der Waals surface area contributed by atoms with Crippen LogP contribution in [0.4, 0.5) is 18.9 Å². The van der Waals surface area contributed by atoms with Gasteiger partial charge in [0.1, 0.15) is 11.5 Å². The number of aryl methyl sites for hydroxylation is 1. The van der Waals surface area contributed by atoms with Crippen molar-refractivity contribution >= 4 is 11.6 Å². The van der Waals surface area contributed by atoms with E-state index < -0.39 is 34.6 Å². The van der Waals surface area contributed by atoms with Crippen molar-refractivity contribution in [2.75, 3.05) is 5.32 Å². The molecule has 2 aromatic rings. The van der Waals surface area contributed by atoms with E-state index in [1.807, 2.05) is 5.32 Å². The molecule has 1 aromatic carbocycles. The number of nitrogens with one attached hydrogen (secondary N) is 1. The first-order valence-corrected chi connectivity index (χ1v) is 5.51. The summed E-state index contributed by atoms with van der Waals surface area (Å²) in [6.45, 7) is 0. The van der Waals surface area contributed by atoms with Crippen LogP contribution in [-0.4, -0.2) is 10.5 Å². The molecule has 0 saturated heterocycles. The van der Waals surface area contributed by atoms with Gasteiger partial charge in [-0.1, -0.05) is 0 Å². The quantitative estimate of drug-likeness (QED) is 0.916. The predicted molar refractivity (Wildman–Crippen MR) is 66.0 cm³/mol. The molecule has 1 N–H and O–H groups in total. The Morgan fingerprint density at radius 3 is 2.30 bits per heavy atom. The number of anilines is 1. The second-order valence-corrected chi connectivity index (χ2v) is 4.06. The molecule has 0 radical (unpaired) electrons. The lowest BCUT2D eigenvalue weighted by atomic mass is 10.2. The van der Waals surface area contributed by atoms with Crippen molar-refractivity contribution in [1.29, 1.82) is 0 Å². The van der Waals surface area contributed by atoms with Crippen LogP contribution in [0.2, 0.25) is 0 Å². The van der Waals surface area contributed by atoms with Crippen LogP contribution in [0.5, 0.6) is 0 Å². The van der Waals surface area contributed by atoms with E-state index in [1.54, 1.807) is 0 Å². The SMILES string of the molecule is Cn1ccc(C(=O)Nc2c(F)cc(F)cc2F)cc1=O. The van der Waals surface area contributed by atoms with Gasteiger partial charge in [0.2, 0.25) is 0 Å². The molecule has 0 aliphatic carbocycles. The minimum absolute atomic E-state index is 0.0591. The summed E-state index contributed by atoms with van der Waals surface area (Å²) in [5.74, 6) is -4.43. The molecule has 1 aromatic heterocycles.